The minimum absolute atomic E-state index is 0.126. The number of hydrogen-bond donors (Lipinski definition) is 2. The standard InChI is InChI=1S/C16H11N5O/c17-9-12-5-1-2-6-14(12)21-16(22)13(10-18)11-20-15-7-3-4-8-19-15/h1-8,11H,(H,19,20)(H,21,22)/b13-11-. The second-order valence-electron chi connectivity index (χ2n) is 4.14. The van der Waals surface area contributed by atoms with Gasteiger partial charge in [-0.2, -0.15) is 10.5 Å². The first-order valence-corrected chi connectivity index (χ1v) is 6.33. The van der Waals surface area contributed by atoms with Gasteiger partial charge in [-0.1, -0.05) is 18.2 Å². The van der Waals surface area contributed by atoms with E-state index in [0.29, 0.717) is 17.1 Å². The second kappa shape index (κ2) is 7.22. The number of nitrogens with one attached hydrogen (secondary N) is 2. The highest BCUT2D eigenvalue weighted by Crippen LogP contribution is 2.14. The maximum Gasteiger partial charge on any atom is 0.267 e. The highest BCUT2D eigenvalue weighted by atomic mass is 16.1. The number of para-hydroxylation sites is 1. The average molecular weight is 289 g/mol. The number of nitrogens with zero attached hydrogens (tertiary/aromatic N) is 3. The normalized spacial score (nSPS) is 10.2. The maximum atomic E-state index is 12.1. The van der Waals surface area contributed by atoms with Crippen LogP contribution < -0.4 is 10.6 Å². The van der Waals surface area contributed by atoms with Crippen LogP contribution in [-0.2, 0) is 4.79 Å². The zero-order valence-corrected chi connectivity index (χ0v) is 11.4. The molecule has 0 unspecified atom stereocenters. The molecule has 1 aromatic carbocycles. The van der Waals surface area contributed by atoms with E-state index in [2.05, 4.69) is 15.6 Å². The number of hydrogen-bond acceptors (Lipinski definition) is 5. The van der Waals surface area contributed by atoms with Crippen molar-refractivity contribution < 1.29 is 4.79 Å². The van der Waals surface area contributed by atoms with Crippen molar-refractivity contribution in [3.8, 4) is 12.1 Å². The van der Waals surface area contributed by atoms with E-state index in [1.807, 2.05) is 6.07 Å². The topological polar surface area (TPSA) is 102 Å². The van der Waals surface area contributed by atoms with Crippen LogP contribution in [0.25, 0.3) is 0 Å². The molecule has 1 heterocycles. The van der Waals surface area contributed by atoms with E-state index in [1.54, 1.807) is 54.7 Å². The van der Waals surface area contributed by atoms with Gasteiger partial charge in [-0.3, -0.25) is 4.79 Å². The SMILES string of the molecule is N#C/C(=C/Nc1ccccn1)C(=O)Nc1ccccc1C#N. The molecule has 2 rings (SSSR count). The van der Waals surface area contributed by atoms with Crippen molar-refractivity contribution in [3.05, 3.63) is 66.0 Å². The van der Waals surface area contributed by atoms with Gasteiger partial charge in [0.25, 0.3) is 5.91 Å². The Balaban J connectivity index is 2.13. The first-order valence-electron chi connectivity index (χ1n) is 6.33. The third kappa shape index (κ3) is 3.69. The van der Waals surface area contributed by atoms with Gasteiger partial charge in [0, 0.05) is 12.4 Å². The predicted octanol–water partition coefficient (Wildman–Crippen LogP) is 2.41. The third-order valence-electron chi connectivity index (χ3n) is 2.69. The lowest BCUT2D eigenvalue weighted by Crippen LogP contribution is -2.15. The van der Waals surface area contributed by atoms with Gasteiger partial charge in [-0.15, -0.1) is 0 Å². The Hall–Kier alpha value is -3.64. The second-order valence-corrected chi connectivity index (χ2v) is 4.14. The molecule has 22 heavy (non-hydrogen) atoms. The van der Waals surface area contributed by atoms with Crippen LogP contribution in [0.3, 0.4) is 0 Å². The van der Waals surface area contributed by atoms with Gasteiger partial charge in [0.2, 0.25) is 0 Å². The summed E-state index contributed by atoms with van der Waals surface area (Å²) in [5.41, 5.74) is 0.554. The zero-order chi connectivity index (χ0) is 15.8. The molecule has 6 heteroatoms. The first-order chi connectivity index (χ1) is 10.7. The van der Waals surface area contributed by atoms with E-state index < -0.39 is 5.91 Å². The van der Waals surface area contributed by atoms with E-state index in [-0.39, 0.29) is 5.57 Å². The maximum absolute atomic E-state index is 12.1. The van der Waals surface area contributed by atoms with E-state index >= 15 is 0 Å². The summed E-state index contributed by atoms with van der Waals surface area (Å²) in [6.45, 7) is 0. The van der Waals surface area contributed by atoms with E-state index in [4.69, 9.17) is 10.5 Å². The van der Waals surface area contributed by atoms with Crippen LogP contribution in [-0.4, -0.2) is 10.9 Å². The molecule has 1 amide bonds. The zero-order valence-electron chi connectivity index (χ0n) is 11.4. The van der Waals surface area contributed by atoms with Crippen LogP contribution in [0.1, 0.15) is 5.56 Å². The molecular weight excluding hydrogens is 278 g/mol. The minimum Gasteiger partial charge on any atom is -0.345 e. The number of carbonyl (C=O) groups is 1. The van der Waals surface area contributed by atoms with Crippen LogP contribution in [0.15, 0.2) is 60.4 Å². The molecular formula is C16H11N5O. The lowest BCUT2D eigenvalue weighted by atomic mass is 10.2. The molecule has 0 spiro atoms. The molecule has 0 radical (unpaired) electrons. The van der Waals surface area contributed by atoms with E-state index in [9.17, 15) is 4.79 Å². The first kappa shape index (κ1) is 14.8. The molecule has 0 saturated carbocycles. The van der Waals surface area contributed by atoms with E-state index in [0.717, 1.165) is 0 Å². The Labute approximate surface area is 127 Å². The molecule has 0 saturated heterocycles. The Bertz CT molecular complexity index is 784. The number of amides is 1. The summed E-state index contributed by atoms with van der Waals surface area (Å²) in [5, 5.41) is 23.4. The third-order valence-corrected chi connectivity index (χ3v) is 2.69. The van der Waals surface area contributed by atoms with Gasteiger partial charge in [0.1, 0.15) is 23.5 Å². The van der Waals surface area contributed by atoms with Crippen molar-refractivity contribution in [3.63, 3.8) is 0 Å². The monoisotopic (exact) mass is 289 g/mol. The summed E-state index contributed by atoms with van der Waals surface area (Å²) in [5.74, 6) is -0.0888. The van der Waals surface area contributed by atoms with Gasteiger partial charge in [-0.05, 0) is 24.3 Å². The largest absolute Gasteiger partial charge is 0.345 e. The summed E-state index contributed by atoms with van der Waals surface area (Å²) >= 11 is 0. The van der Waals surface area contributed by atoms with Crippen LogP contribution in [0.2, 0.25) is 0 Å². The number of benzene rings is 1. The molecule has 0 fully saturated rings. The number of carbonyl (C=O) groups excluding carboxylic acids is 1. The molecule has 2 N–H and O–H groups in total. The van der Waals surface area contributed by atoms with Crippen molar-refractivity contribution in [2.75, 3.05) is 10.6 Å². The summed E-state index contributed by atoms with van der Waals surface area (Å²) in [7, 11) is 0. The quantitative estimate of drug-likeness (QED) is 0.664. The van der Waals surface area contributed by atoms with Gasteiger partial charge in [0.15, 0.2) is 0 Å². The smallest absolute Gasteiger partial charge is 0.267 e. The minimum atomic E-state index is -0.603. The molecule has 2 aromatic rings. The van der Waals surface area contributed by atoms with Crippen molar-refractivity contribution in [2.45, 2.75) is 0 Å². The van der Waals surface area contributed by atoms with E-state index in [1.165, 1.54) is 6.20 Å². The van der Waals surface area contributed by atoms with Gasteiger partial charge in [-0.25, -0.2) is 4.98 Å². The van der Waals surface area contributed by atoms with Gasteiger partial charge >= 0.3 is 0 Å². The van der Waals surface area contributed by atoms with Gasteiger partial charge in [0.05, 0.1) is 11.3 Å². The summed E-state index contributed by atoms with van der Waals surface area (Å²) in [6, 6.07) is 15.6. The number of rotatable bonds is 4. The average Bonchev–Trinajstić information content (AvgIpc) is 2.57. The van der Waals surface area contributed by atoms with Crippen LogP contribution in [0.4, 0.5) is 11.5 Å². The molecule has 0 atom stereocenters. The fourth-order valence-electron chi connectivity index (χ4n) is 1.62. The van der Waals surface area contributed by atoms with Crippen molar-refractivity contribution in [1.82, 2.24) is 4.98 Å². The Morgan fingerprint density at radius 1 is 1.14 bits per heavy atom. The van der Waals surface area contributed by atoms with Crippen LogP contribution in [0, 0.1) is 22.7 Å². The van der Waals surface area contributed by atoms with Crippen LogP contribution in [0.5, 0.6) is 0 Å². The lowest BCUT2D eigenvalue weighted by molar-refractivity contribution is -0.112. The summed E-state index contributed by atoms with van der Waals surface area (Å²) in [6.07, 6.45) is 2.86. The Morgan fingerprint density at radius 2 is 1.91 bits per heavy atom. The molecule has 0 aliphatic rings. The molecule has 1 aromatic heterocycles. The number of aromatic nitrogens is 1. The number of anilines is 2. The summed E-state index contributed by atoms with van der Waals surface area (Å²) in [4.78, 5) is 16.1. The molecule has 0 aliphatic carbocycles. The molecule has 0 aliphatic heterocycles. The molecule has 6 nitrogen and oxygen atoms in total. The van der Waals surface area contributed by atoms with Crippen LogP contribution >= 0.6 is 0 Å². The van der Waals surface area contributed by atoms with Crippen molar-refractivity contribution in [1.29, 1.82) is 10.5 Å². The number of nitriles is 2. The predicted molar refractivity (Wildman–Crippen MR) is 81.3 cm³/mol. The number of pyridine rings is 1. The fraction of sp³-hybridized carbons (Fsp3) is 0. The van der Waals surface area contributed by atoms with Crippen molar-refractivity contribution in [2.24, 2.45) is 0 Å². The highest BCUT2D eigenvalue weighted by molar-refractivity contribution is 6.07. The summed E-state index contributed by atoms with van der Waals surface area (Å²) < 4.78 is 0. The Kier molecular flexibility index (Phi) is 4.85. The fourth-order valence-corrected chi connectivity index (χ4v) is 1.62. The van der Waals surface area contributed by atoms with Gasteiger partial charge < -0.3 is 10.6 Å². The Morgan fingerprint density at radius 3 is 2.59 bits per heavy atom. The molecule has 0 bridgehead atoms. The van der Waals surface area contributed by atoms with Crippen molar-refractivity contribution >= 4 is 17.4 Å². The lowest BCUT2D eigenvalue weighted by Gasteiger charge is -2.06. The molecule has 106 valence electrons. The highest BCUT2D eigenvalue weighted by Gasteiger charge is 2.11.